The molecule has 17 heavy (non-hydrogen) atoms. The molecule has 1 aromatic carbocycles. The Balaban J connectivity index is 2.07. The molecular weight excluding hydrogens is 216 g/mol. The molecule has 1 amide bonds. The van der Waals surface area contributed by atoms with Crippen molar-refractivity contribution in [3.8, 4) is 0 Å². The number of H-pyrrole nitrogens is 1. The second-order valence-electron chi connectivity index (χ2n) is 4.01. The molecule has 0 aliphatic rings. The fourth-order valence-corrected chi connectivity index (χ4v) is 1.66. The minimum absolute atomic E-state index is 0.139. The zero-order chi connectivity index (χ0) is 12.3. The lowest BCUT2D eigenvalue weighted by atomic mass is 10.1. The van der Waals surface area contributed by atoms with Crippen LogP contribution in [0.25, 0.3) is 0 Å². The maximum Gasteiger partial charge on any atom is 0.276 e. The third kappa shape index (κ3) is 2.69. The predicted molar refractivity (Wildman–Crippen MR) is 63.4 cm³/mol. The Bertz CT molecular complexity index is 507. The highest BCUT2D eigenvalue weighted by Crippen LogP contribution is 2.08. The molecule has 0 radical (unpaired) electrons. The topological polar surface area (TPSA) is 61.9 Å². The van der Waals surface area contributed by atoms with Gasteiger partial charge in [-0.2, -0.15) is 15.4 Å². The number of nitrogens with zero attached hydrogens (tertiary/aromatic N) is 3. The summed E-state index contributed by atoms with van der Waals surface area (Å²) in [5.74, 6) is -0.139. The van der Waals surface area contributed by atoms with Gasteiger partial charge in [-0.1, -0.05) is 29.8 Å². The lowest BCUT2D eigenvalue weighted by Crippen LogP contribution is -2.26. The Morgan fingerprint density at radius 3 is 2.94 bits per heavy atom. The number of hydrogen-bond acceptors (Lipinski definition) is 3. The molecule has 0 atom stereocenters. The first-order valence-corrected chi connectivity index (χ1v) is 5.33. The normalized spacial score (nSPS) is 10.2. The molecule has 0 saturated heterocycles. The van der Waals surface area contributed by atoms with Gasteiger partial charge in [-0.15, -0.1) is 0 Å². The molecule has 0 aliphatic heterocycles. The molecule has 88 valence electrons. The summed E-state index contributed by atoms with van der Waals surface area (Å²) < 4.78 is 0. The van der Waals surface area contributed by atoms with Crippen LogP contribution in [0.4, 0.5) is 0 Å². The van der Waals surface area contributed by atoms with Crippen molar-refractivity contribution in [1.29, 1.82) is 0 Å². The molecule has 1 heterocycles. The van der Waals surface area contributed by atoms with E-state index in [1.807, 2.05) is 25.1 Å². The monoisotopic (exact) mass is 230 g/mol. The summed E-state index contributed by atoms with van der Waals surface area (Å²) in [6, 6.07) is 8.08. The second-order valence-corrected chi connectivity index (χ2v) is 4.01. The van der Waals surface area contributed by atoms with E-state index in [1.54, 1.807) is 11.9 Å². The molecule has 5 nitrogen and oxygen atoms in total. The summed E-state index contributed by atoms with van der Waals surface area (Å²) >= 11 is 0. The largest absolute Gasteiger partial charge is 0.336 e. The number of nitrogens with one attached hydrogen (secondary N) is 1. The zero-order valence-electron chi connectivity index (χ0n) is 9.84. The molecule has 0 spiro atoms. The Kier molecular flexibility index (Phi) is 3.18. The van der Waals surface area contributed by atoms with Gasteiger partial charge in [0.05, 0.1) is 6.20 Å². The number of hydrogen-bond donors (Lipinski definition) is 1. The minimum atomic E-state index is -0.139. The van der Waals surface area contributed by atoms with Crippen LogP contribution in [0.15, 0.2) is 30.5 Å². The maximum absolute atomic E-state index is 11.9. The van der Waals surface area contributed by atoms with E-state index in [2.05, 4.69) is 21.5 Å². The van der Waals surface area contributed by atoms with Crippen LogP contribution in [0.1, 0.15) is 21.6 Å². The maximum atomic E-state index is 11.9. The number of amides is 1. The number of carbonyl (C=O) groups excluding carboxylic acids is 1. The number of carbonyl (C=O) groups is 1. The third-order valence-corrected chi connectivity index (χ3v) is 2.48. The predicted octanol–water partition coefficient (Wildman–Crippen LogP) is 1.39. The molecule has 0 aliphatic carbocycles. The Morgan fingerprint density at radius 2 is 2.29 bits per heavy atom. The van der Waals surface area contributed by atoms with E-state index in [9.17, 15) is 4.79 Å². The van der Waals surface area contributed by atoms with E-state index in [0.717, 1.165) is 5.56 Å². The van der Waals surface area contributed by atoms with E-state index in [-0.39, 0.29) is 5.91 Å². The molecule has 2 aromatic rings. The van der Waals surface area contributed by atoms with Crippen LogP contribution in [-0.2, 0) is 6.54 Å². The second kappa shape index (κ2) is 4.78. The van der Waals surface area contributed by atoms with Crippen LogP contribution in [0, 0.1) is 6.92 Å². The van der Waals surface area contributed by atoms with Crippen molar-refractivity contribution in [2.75, 3.05) is 7.05 Å². The van der Waals surface area contributed by atoms with Crippen molar-refractivity contribution in [2.45, 2.75) is 13.5 Å². The molecule has 1 aromatic heterocycles. The highest BCUT2D eigenvalue weighted by molar-refractivity contribution is 5.91. The Labute approximate surface area is 99.5 Å². The van der Waals surface area contributed by atoms with Crippen LogP contribution in [0.3, 0.4) is 0 Å². The lowest BCUT2D eigenvalue weighted by molar-refractivity contribution is 0.0779. The van der Waals surface area contributed by atoms with Gasteiger partial charge < -0.3 is 4.90 Å². The summed E-state index contributed by atoms with van der Waals surface area (Å²) in [6.07, 6.45) is 1.43. The van der Waals surface area contributed by atoms with Gasteiger partial charge in [0.15, 0.2) is 5.69 Å². The quantitative estimate of drug-likeness (QED) is 0.866. The first kappa shape index (κ1) is 11.3. The molecule has 1 N–H and O–H groups in total. The van der Waals surface area contributed by atoms with Gasteiger partial charge in [-0.3, -0.25) is 4.79 Å². The Hall–Kier alpha value is -2.17. The average molecular weight is 230 g/mol. The highest BCUT2D eigenvalue weighted by atomic mass is 16.2. The highest BCUT2D eigenvalue weighted by Gasteiger charge is 2.14. The fraction of sp³-hybridized carbons (Fsp3) is 0.250. The zero-order valence-corrected chi connectivity index (χ0v) is 9.84. The van der Waals surface area contributed by atoms with Crippen LogP contribution < -0.4 is 0 Å². The van der Waals surface area contributed by atoms with Crippen LogP contribution >= 0.6 is 0 Å². The Morgan fingerprint density at radius 1 is 1.47 bits per heavy atom. The standard InChI is InChI=1S/C12H14N4O/c1-9-4-3-5-10(6-9)8-16(2)12(17)11-7-13-15-14-11/h3-7H,8H2,1-2H3,(H,13,14,15). The summed E-state index contributed by atoms with van der Waals surface area (Å²) in [4.78, 5) is 13.5. The van der Waals surface area contributed by atoms with Gasteiger partial charge in [-0.05, 0) is 12.5 Å². The van der Waals surface area contributed by atoms with Crippen molar-refractivity contribution >= 4 is 5.91 Å². The first-order valence-electron chi connectivity index (χ1n) is 5.33. The van der Waals surface area contributed by atoms with Gasteiger partial charge >= 0.3 is 0 Å². The van der Waals surface area contributed by atoms with Gasteiger partial charge in [0.25, 0.3) is 5.91 Å². The molecule has 0 saturated carbocycles. The minimum Gasteiger partial charge on any atom is -0.336 e. The lowest BCUT2D eigenvalue weighted by Gasteiger charge is -2.15. The molecule has 5 heteroatoms. The summed E-state index contributed by atoms with van der Waals surface area (Å²) in [6.45, 7) is 2.59. The van der Waals surface area contributed by atoms with E-state index in [1.165, 1.54) is 11.8 Å². The van der Waals surface area contributed by atoms with E-state index in [0.29, 0.717) is 12.2 Å². The molecule has 2 rings (SSSR count). The first-order chi connectivity index (χ1) is 8.16. The van der Waals surface area contributed by atoms with Gasteiger partial charge in [0.1, 0.15) is 0 Å². The van der Waals surface area contributed by atoms with Crippen molar-refractivity contribution < 1.29 is 4.79 Å². The summed E-state index contributed by atoms with van der Waals surface area (Å²) in [5, 5.41) is 9.82. The molecule has 0 fully saturated rings. The van der Waals surface area contributed by atoms with Gasteiger partial charge in [-0.25, -0.2) is 0 Å². The number of aryl methyl sites for hydroxylation is 1. The van der Waals surface area contributed by atoms with Crippen LogP contribution in [-0.4, -0.2) is 33.3 Å². The molecular formula is C12H14N4O. The van der Waals surface area contributed by atoms with E-state index in [4.69, 9.17) is 0 Å². The number of aromatic nitrogens is 3. The molecule has 0 bridgehead atoms. The van der Waals surface area contributed by atoms with Crippen molar-refractivity contribution in [3.63, 3.8) is 0 Å². The average Bonchev–Trinajstić information content (AvgIpc) is 2.81. The van der Waals surface area contributed by atoms with Gasteiger partial charge in [0, 0.05) is 13.6 Å². The summed E-state index contributed by atoms with van der Waals surface area (Å²) in [5.41, 5.74) is 2.62. The molecule has 0 unspecified atom stereocenters. The van der Waals surface area contributed by atoms with Crippen LogP contribution in [0.5, 0.6) is 0 Å². The van der Waals surface area contributed by atoms with Crippen LogP contribution in [0.2, 0.25) is 0 Å². The third-order valence-electron chi connectivity index (χ3n) is 2.48. The SMILES string of the molecule is Cc1cccc(CN(C)C(=O)c2cn[nH]n2)c1. The van der Waals surface area contributed by atoms with E-state index >= 15 is 0 Å². The number of benzene rings is 1. The summed E-state index contributed by atoms with van der Waals surface area (Å²) in [7, 11) is 1.75. The number of rotatable bonds is 3. The van der Waals surface area contributed by atoms with Crippen molar-refractivity contribution in [1.82, 2.24) is 20.3 Å². The van der Waals surface area contributed by atoms with Crippen molar-refractivity contribution in [3.05, 3.63) is 47.3 Å². The number of aromatic amines is 1. The smallest absolute Gasteiger partial charge is 0.276 e. The van der Waals surface area contributed by atoms with E-state index < -0.39 is 0 Å². The van der Waals surface area contributed by atoms with Gasteiger partial charge in [0.2, 0.25) is 0 Å². The van der Waals surface area contributed by atoms with Crippen molar-refractivity contribution in [2.24, 2.45) is 0 Å². The fourth-order valence-electron chi connectivity index (χ4n) is 1.66.